The summed E-state index contributed by atoms with van der Waals surface area (Å²) in [4.78, 5) is 0. The first kappa shape index (κ1) is 14.8. The van der Waals surface area contributed by atoms with Crippen molar-refractivity contribution in [2.24, 2.45) is 0 Å². The van der Waals surface area contributed by atoms with E-state index in [1.807, 2.05) is 41.2 Å². The Morgan fingerprint density at radius 1 is 1.25 bits per heavy atom. The maximum atomic E-state index is 10.4. The molecule has 0 aliphatic rings. The van der Waals surface area contributed by atoms with Gasteiger partial charge in [0, 0.05) is 25.8 Å². The summed E-state index contributed by atoms with van der Waals surface area (Å²) in [6, 6.07) is 10.1. The van der Waals surface area contributed by atoms with Gasteiger partial charge in [0.15, 0.2) is 0 Å². The Morgan fingerprint density at radius 2 is 2.00 bits per heavy atom. The molecule has 108 valence electrons. The quantitative estimate of drug-likeness (QED) is 0.881. The normalized spacial score (nSPS) is 12.8. The third-order valence-corrected chi connectivity index (χ3v) is 3.31. The van der Waals surface area contributed by atoms with Gasteiger partial charge in [-0.1, -0.05) is 24.3 Å². The van der Waals surface area contributed by atoms with Gasteiger partial charge in [-0.15, -0.1) is 0 Å². The molecule has 0 aliphatic carbocycles. The van der Waals surface area contributed by atoms with E-state index in [1.54, 1.807) is 7.11 Å². The summed E-state index contributed by atoms with van der Waals surface area (Å²) in [7, 11) is 1.66. The van der Waals surface area contributed by atoms with Crippen LogP contribution >= 0.6 is 0 Å². The molecule has 4 heteroatoms. The molecular weight excluding hydrogens is 252 g/mol. The number of nitrogens with zero attached hydrogens (tertiary/aromatic N) is 2. The molecule has 0 saturated heterocycles. The van der Waals surface area contributed by atoms with Crippen LogP contribution in [-0.4, -0.2) is 22.0 Å². The molecule has 0 bridgehead atoms. The van der Waals surface area contributed by atoms with Gasteiger partial charge < -0.3 is 9.84 Å². The number of hydrogen-bond donors (Lipinski definition) is 1. The zero-order chi connectivity index (χ0) is 14.5. The Hall–Kier alpha value is -1.65. The van der Waals surface area contributed by atoms with Crippen molar-refractivity contribution in [1.29, 1.82) is 0 Å². The van der Waals surface area contributed by atoms with E-state index >= 15 is 0 Å². The van der Waals surface area contributed by atoms with Crippen LogP contribution < -0.4 is 0 Å². The molecule has 1 heterocycles. The summed E-state index contributed by atoms with van der Waals surface area (Å²) in [6.07, 6.45) is 1.91. The van der Waals surface area contributed by atoms with E-state index < -0.39 is 6.10 Å². The van der Waals surface area contributed by atoms with E-state index in [1.165, 1.54) is 0 Å². The van der Waals surface area contributed by atoms with Gasteiger partial charge in [-0.2, -0.15) is 5.10 Å². The largest absolute Gasteiger partial charge is 0.388 e. The van der Waals surface area contributed by atoms with E-state index in [0.29, 0.717) is 19.1 Å². The highest BCUT2D eigenvalue weighted by Crippen LogP contribution is 2.22. The minimum absolute atomic E-state index is 0.335. The molecule has 0 fully saturated rings. The molecule has 0 radical (unpaired) electrons. The summed E-state index contributed by atoms with van der Waals surface area (Å²) in [6.45, 7) is 4.68. The number of ether oxygens (including phenoxy) is 1. The van der Waals surface area contributed by atoms with Crippen molar-refractivity contribution < 1.29 is 9.84 Å². The van der Waals surface area contributed by atoms with Crippen molar-refractivity contribution in [3.05, 3.63) is 53.3 Å². The molecular formula is C16H22N2O2. The Balaban J connectivity index is 2.12. The molecule has 2 rings (SSSR count). The third kappa shape index (κ3) is 3.46. The molecule has 0 saturated carbocycles. The summed E-state index contributed by atoms with van der Waals surface area (Å²) in [5, 5.41) is 14.9. The minimum Gasteiger partial charge on any atom is -0.388 e. The molecule has 1 atom stereocenters. The van der Waals surface area contributed by atoms with Crippen molar-refractivity contribution >= 4 is 0 Å². The summed E-state index contributed by atoms with van der Waals surface area (Å²) >= 11 is 0. The number of benzene rings is 1. The summed E-state index contributed by atoms with van der Waals surface area (Å²) in [5.74, 6) is 0. The van der Waals surface area contributed by atoms with Crippen LogP contribution in [-0.2, 0) is 17.8 Å². The number of hydrogen-bond acceptors (Lipinski definition) is 3. The van der Waals surface area contributed by atoms with Gasteiger partial charge in [0.2, 0.25) is 0 Å². The van der Waals surface area contributed by atoms with Gasteiger partial charge in [0.05, 0.1) is 18.4 Å². The highest BCUT2D eigenvalue weighted by molar-refractivity contribution is 5.29. The lowest BCUT2D eigenvalue weighted by molar-refractivity contribution is 0.160. The fourth-order valence-corrected chi connectivity index (χ4v) is 2.23. The topological polar surface area (TPSA) is 47.3 Å². The van der Waals surface area contributed by atoms with E-state index in [9.17, 15) is 5.11 Å². The molecule has 0 spiro atoms. The first-order valence-electron chi connectivity index (χ1n) is 6.90. The van der Waals surface area contributed by atoms with Crippen LogP contribution in [0.1, 0.15) is 42.8 Å². The van der Waals surface area contributed by atoms with Crippen LogP contribution in [0.5, 0.6) is 0 Å². The highest BCUT2D eigenvalue weighted by atomic mass is 16.5. The van der Waals surface area contributed by atoms with Crippen LogP contribution in [0.2, 0.25) is 0 Å². The number of aliphatic hydroxyl groups is 1. The van der Waals surface area contributed by atoms with Crippen LogP contribution in [0.4, 0.5) is 0 Å². The van der Waals surface area contributed by atoms with Crippen LogP contribution in [0.3, 0.4) is 0 Å². The summed E-state index contributed by atoms with van der Waals surface area (Å²) < 4.78 is 7.08. The average Bonchev–Trinajstić information content (AvgIpc) is 2.88. The second kappa shape index (κ2) is 6.68. The second-order valence-corrected chi connectivity index (χ2v) is 5.23. The first-order chi connectivity index (χ1) is 9.61. The number of rotatable bonds is 6. The Bertz CT molecular complexity index is 549. The molecule has 20 heavy (non-hydrogen) atoms. The lowest BCUT2D eigenvalue weighted by atomic mass is 9.99. The lowest BCUT2D eigenvalue weighted by Gasteiger charge is -2.14. The average molecular weight is 274 g/mol. The zero-order valence-electron chi connectivity index (χ0n) is 12.3. The van der Waals surface area contributed by atoms with Gasteiger partial charge in [-0.05, 0) is 31.0 Å². The molecule has 1 N–H and O–H groups in total. The minimum atomic E-state index is -0.558. The van der Waals surface area contributed by atoms with Crippen molar-refractivity contribution in [3.63, 3.8) is 0 Å². The van der Waals surface area contributed by atoms with Gasteiger partial charge in [0.25, 0.3) is 0 Å². The molecule has 2 aromatic rings. The molecule has 0 aliphatic heterocycles. The molecule has 0 amide bonds. The number of aliphatic hydroxyl groups excluding tert-OH is 1. The van der Waals surface area contributed by atoms with E-state index in [2.05, 4.69) is 18.9 Å². The first-order valence-corrected chi connectivity index (χ1v) is 6.90. The Morgan fingerprint density at radius 3 is 2.65 bits per heavy atom. The number of aromatic nitrogens is 2. The number of methoxy groups -OCH3 is 1. The Kier molecular flexibility index (Phi) is 4.93. The molecule has 1 unspecified atom stereocenters. The highest BCUT2D eigenvalue weighted by Gasteiger charge is 2.14. The van der Waals surface area contributed by atoms with Crippen LogP contribution in [0.15, 0.2) is 36.5 Å². The fourth-order valence-electron chi connectivity index (χ4n) is 2.23. The lowest BCUT2D eigenvalue weighted by Crippen LogP contribution is -2.08. The van der Waals surface area contributed by atoms with Crippen molar-refractivity contribution in [1.82, 2.24) is 9.78 Å². The zero-order valence-corrected chi connectivity index (χ0v) is 12.3. The fraction of sp³-hybridized carbons (Fsp3) is 0.438. The summed E-state index contributed by atoms with van der Waals surface area (Å²) in [5.41, 5.74) is 2.83. The van der Waals surface area contributed by atoms with E-state index in [0.717, 1.165) is 16.8 Å². The van der Waals surface area contributed by atoms with E-state index in [-0.39, 0.29) is 0 Å². The Labute approximate surface area is 120 Å². The third-order valence-electron chi connectivity index (χ3n) is 3.31. The second-order valence-electron chi connectivity index (χ2n) is 5.23. The van der Waals surface area contributed by atoms with Gasteiger partial charge in [-0.25, -0.2) is 0 Å². The predicted molar refractivity (Wildman–Crippen MR) is 78.4 cm³/mol. The SMILES string of the molecule is COCc1ccccc1C(O)Cc1ccn(C(C)C)n1. The molecule has 4 nitrogen and oxygen atoms in total. The van der Waals surface area contributed by atoms with Gasteiger partial charge in [0.1, 0.15) is 0 Å². The van der Waals surface area contributed by atoms with Gasteiger partial charge in [-0.3, -0.25) is 4.68 Å². The smallest absolute Gasteiger partial charge is 0.0849 e. The monoisotopic (exact) mass is 274 g/mol. The maximum absolute atomic E-state index is 10.4. The van der Waals surface area contributed by atoms with Crippen molar-refractivity contribution in [2.45, 2.75) is 39.0 Å². The molecule has 1 aromatic carbocycles. The molecule has 1 aromatic heterocycles. The maximum Gasteiger partial charge on any atom is 0.0849 e. The van der Waals surface area contributed by atoms with Crippen LogP contribution in [0.25, 0.3) is 0 Å². The van der Waals surface area contributed by atoms with Crippen LogP contribution in [0, 0.1) is 0 Å². The standard InChI is InChI=1S/C16H22N2O2/c1-12(2)18-9-8-14(17-18)10-16(19)15-7-5-4-6-13(15)11-20-3/h4-9,12,16,19H,10-11H2,1-3H3. The predicted octanol–water partition coefficient (Wildman–Crippen LogP) is 2.89. The van der Waals surface area contributed by atoms with E-state index in [4.69, 9.17) is 4.74 Å². The van der Waals surface area contributed by atoms with Gasteiger partial charge >= 0.3 is 0 Å². The van der Waals surface area contributed by atoms with Crippen molar-refractivity contribution in [2.75, 3.05) is 7.11 Å². The van der Waals surface area contributed by atoms with Crippen molar-refractivity contribution in [3.8, 4) is 0 Å².